The summed E-state index contributed by atoms with van der Waals surface area (Å²) >= 11 is 0. The van der Waals surface area contributed by atoms with E-state index in [0.717, 1.165) is 22.3 Å². The Kier molecular flexibility index (Phi) is 11.5. The summed E-state index contributed by atoms with van der Waals surface area (Å²) in [7, 11) is 0. The molecule has 1 aromatic heterocycles. The minimum atomic E-state index is -0.968. The highest BCUT2D eigenvalue weighted by Gasteiger charge is 2.50. The van der Waals surface area contributed by atoms with E-state index >= 15 is 0 Å². The zero-order valence-corrected chi connectivity index (χ0v) is 32.4. The molecule has 2 aliphatic heterocycles. The van der Waals surface area contributed by atoms with E-state index in [1.165, 1.54) is 0 Å². The van der Waals surface area contributed by atoms with E-state index in [1.807, 2.05) is 164 Å². The fraction of sp³-hybridized carbons (Fsp3) is 0.200. The molecule has 9 rings (SSSR count). The monoisotopic (exact) mass is 784 g/mol. The molecule has 0 radical (unpaired) electrons. The summed E-state index contributed by atoms with van der Waals surface area (Å²) in [5.41, 5.74) is 5.30. The van der Waals surface area contributed by atoms with Crippen LogP contribution in [0.15, 0.2) is 175 Å². The second kappa shape index (κ2) is 17.7. The van der Waals surface area contributed by atoms with Crippen molar-refractivity contribution in [1.29, 1.82) is 0 Å². The zero-order valence-electron chi connectivity index (χ0n) is 32.4. The normalized spacial score (nSPS) is 20.1. The van der Waals surface area contributed by atoms with Crippen LogP contribution in [0.5, 0.6) is 5.88 Å². The maximum absolute atomic E-state index is 13.7. The average molecular weight is 785 g/mol. The number of carbonyl (C=O) groups is 1. The molecule has 296 valence electrons. The van der Waals surface area contributed by atoms with Gasteiger partial charge in [-0.15, -0.1) is 0 Å². The third kappa shape index (κ3) is 8.25. The highest BCUT2D eigenvalue weighted by molar-refractivity contribution is 6.25. The van der Waals surface area contributed by atoms with E-state index in [2.05, 4.69) is 4.99 Å². The third-order valence-electron chi connectivity index (χ3n) is 10.9. The number of rotatable bonds is 15. The molecule has 5 atom stereocenters. The minimum absolute atomic E-state index is 0.144. The standard InChI is InChI=1S/C50H44N2O7/c53-48-43(38-25-13-15-27-40(38)51-48)44-39-26-14-16-28-41(39)52(49(44)54)50-47(58-32-37-23-11-4-12-24-37)46(57-31-36-21-9-3-10-22-36)45(56-30-35-19-7-2-8-20-35)42(59-50)33-55-29-34-17-5-1-6-18-34/h1-28,42,45-47,50,54H,29-33H2/t42-,45-,46+,47-,50-/m1/s1. The van der Waals surface area contributed by atoms with Crippen molar-refractivity contribution < 1.29 is 33.6 Å². The molecular weight excluding hydrogens is 741 g/mol. The van der Waals surface area contributed by atoms with Crippen LogP contribution in [0.2, 0.25) is 0 Å². The van der Waals surface area contributed by atoms with Gasteiger partial charge in [0.05, 0.1) is 55.0 Å². The summed E-state index contributed by atoms with van der Waals surface area (Å²) in [6.45, 7) is 1.28. The maximum Gasteiger partial charge on any atom is 0.279 e. The number of para-hydroxylation sites is 2. The van der Waals surface area contributed by atoms with Crippen LogP contribution in [0.4, 0.5) is 0 Å². The van der Waals surface area contributed by atoms with Crippen LogP contribution in [0.1, 0.15) is 34.0 Å². The van der Waals surface area contributed by atoms with E-state index in [0.29, 0.717) is 39.2 Å². The van der Waals surface area contributed by atoms with Crippen molar-refractivity contribution >= 4 is 22.4 Å². The molecule has 0 unspecified atom stereocenters. The number of nitrogens with zero attached hydrogens (tertiary/aromatic N) is 2. The van der Waals surface area contributed by atoms with Crippen molar-refractivity contribution in [2.75, 3.05) is 6.61 Å². The summed E-state index contributed by atoms with van der Waals surface area (Å²) in [5.74, 6) is -0.564. The van der Waals surface area contributed by atoms with Crippen LogP contribution < -0.4 is 10.6 Å². The van der Waals surface area contributed by atoms with Gasteiger partial charge in [0.15, 0.2) is 6.23 Å². The summed E-state index contributed by atoms with van der Waals surface area (Å²) in [6, 6.07) is 54.9. The number of benzene rings is 6. The topological polar surface area (TPSA) is 101 Å². The smallest absolute Gasteiger partial charge is 0.279 e. The van der Waals surface area contributed by atoms with Crippen molar-refractivity contribution in [3.63, 3.8) is 0 Å². The molecular formula is C50H44N2O7. The van der Waals surface area contributed by atoms with Crippen LogP contribution in [-0.2, 0) is 54.9 Å². The highest BCUT2D eigenvalue weighted by Crippen LogP contribution is 2.44. The second-order valence-corrected chi connectivity index (χ2v) is 14.7. The van der Waals surface area contributed by atoms with Gasteiger partial charge in [0.1, 0.15) is 24.4 Å². The van der Waals surface area contributed by atoms with Gasteiger partial charge in [-0.05, 0) is 34.4 Å². The summed E-state index contributed by atoms with van der Waals surface area (Å²) < 4.78 is 36.2. The van der Waals surface area contributed by atoms with E-state index in [1.54, 1.807) is 10.6 Å². The number of ether oxygens (including phenoxy) is 5. The number of hydrogen-bond acceptors (Lipinski definition) is 7. The maximum atomic E-state index is 13.7. The van der Waals surface area contributed by atoms with Gasteiger partial charge < -0.3 is 28.8 Å². The lowest BCUT2D eigenvalue weighted by Gasteiger charge is -2.46. The zero-order chi connectivity index (χ0) is 40.0. The minimum Gasteiger partial charge on any atom is -0.494 e. The number of carbonyl (C=O) groups excluding carboxylic acids is 1. The molecule has 1 amide bonds. The van der Waals surface area contributed by atoms with Crippen LogP contribution in [-0.4, -0.2) is 46.6 Å². The first-order valence-corrected chi connectivity index (χ1v) is 19.9. The molecule has 1 saturated heterocycles. The van der Waals surface area contributed by atoms with Crippen LogP contribution in [0, 0.1) is 0 Å². The molecule has 2 aliphatic rings. The van der Waals surface area contributed by atoms with E-state index < -0.39 is 36.6 Å². The summed E-state index contributed by atoms with van der Waals surface area (Å²) in [6.07, 6.45) is -3.89. The van der Waals surface area contributed by atoms with Gasteiger partial charge in [-0.1, -0.05) is 158 Å². The van der Waals surface area contributed by atoms with Crippen molar-refractivity contribution in [1.82, 2.24) is 4.57 Å². The Labute approximate surface area is 342 Å². The third-order valence-corrected chi connectivity index (χ3v) is 10.9. The quantitative estimate of drug-likeness (QED) is 0.115. The highest BCUT2D eigenvalue weighted by atomic mass is 16.6. The molecule has 3 heterocycles. The van der Waals surface area contributed by atoms with Gasteiger partial charge in [-0.25, -0.2) is 4.99 Å². The van der Waals surface area contributed by atoms with Gasteiger partial charge in [0.2, 0.25) is 5.88 Å². The van der Waals surface area contributed by atoms with Gasteiger partial charge in [-0.2, -0.15) is 0 Å². The van der Waals surface area contributed by atoms with Gasteiger partial charge in [-0.3, -0.25) is 9.36 Å². The Morgan fingerprint density at radius 3 is 1.66 bits per heavy atom. The van der Waals surface area contributed by atoms with Crippen molar-refractivity contribution in [3.05, 3.63) is 208 Å². The molecule has 0 saturated carbocycles. The molecule has 1 N–H and O–H groups in total. The Bertz CT molecular complexity index is 2640. The number of aromatic nitrogens is 1. The summed E-state index contributed by atoms with van der Waals surface area (Å²) in [4.78, 5) is 18.0. The molecule has 6 aromatic carbocycles. The lowest BCUT2D eigenvalue weighted by Crippen LogP contribution is -2.59. The number of fused-ring (bicyclic) bond motifs is 2. The van der Waals surface area contributed by atoms with Crippen molar-refractivity contribution in [2.45, 2.75) is 57.1 Å². The van der Waals surface area contributed by atoms with Crippen molar-refractivity contribution in [2.24, 2.45) is 4.99 Å². The first-order valence-electron chi connectivity index (χ1n) is 19.9. The van der Waals surface area contributed by atoms with E-state index in [4.69, 9.17) is 23.7 Å². The fourth-order valence-corrected chi connectivity index (χ4v) is 8.03. The van der Waals surface area contributed by atoms with Crippen LogP contribution >= 0.6 is 0 Å². The van der Waals surface area contributed by atoms with Crippen LogP contribution in [0.3, 0.4) is 0 Å². The Hall–Kier alpha value is -6.20. The van der Waals surface area contributed by atoms with E-state index in [-0.39, 0.29) is 32.3 Å². The Morgan fingerprint density at radius 2 is 1.05 bits per heavy atom. The first-order chi connectivity index (χ1) is 29.1. The Morgan fingerprint density at radius 1 is 0.559 bits per heavy atom. The molecule has 0 bridgehead atoms. The van der Waals surface area contributed by atoms with E-state index in [9.17, 15) is 9.90 Å². The first kappa shape index (κ1) is 38.3. The number of aromatic hydroxyl groups is 1. The molecule has 1 fully saturated rings. The molecule has 9 heteroatoms. The average Bonchev–Trinajstić information content (AvgIpc) is 3.76. The molecule has 7 aromatic rings. The number of amides is 1. The molecule has 0 aliphatic carbocycles. The molecule has 9 nitrogen and oxygen atoms in total. The SMILES string of the molecule is O=C1N=c2ccccc2=C1c1c(O)n([C@@H]2O[C@H](COCc3ccccc3)[C@@H](OCc3ccccc3)[C@H](OCc3ccccc3)[C@H]2OCc2ccccc2)c2ccccc12. The van der Waals surface area contributed by atoms with Gasteiger partial charge in [0, 0.05) is 10.6 Å². The second-order valence-electron chi connectivity index (χ2n) is 14.7. The predicted octanol–water partition coefficient (Wildman–Crippen LogP) is 7.58. The van der Waals surface area contributed by atoms with Gasteiger partial charge >= 0.3 is 0 Å². The summed E-state index contributed by atoms with van der Waals surface area (Å²) in [5, 5.41) is 14.5. The van der Waals surface area contributed by atoms with Crippen LogP contribution in [0.25, 0.3) is 16.5 Å². The van der Waals surface area contributed by atoms with Crippen molar-refractivity contribution in [3.8, 4) is 5.88 Å². The predicted molar refractivity (Wildman–Crippen MR) is 223 cm³/mol. The fourth-order valence-electron chi connectivity index (χ4n) is 8.03. The lowest BCUT2D eigenvalue weighted by atomic mass is 9.96. The largest absolute Gasteiger partial charge is 0.494 e. The number of hydrogen-bond donors (Lipinski definition) is 1. The van der Waals surface area contributed by atoms with Gasteiger partial charge in [0.25, 0.3) is 5.91 Å². The molecule has 59 heavy (non-hydrogen) atoms. The molecule has 0 spiro atoms. The Balaban J connectivity index is 1.18. The lowest BCUT2D eigenvalue weighted by molar-refractivity contribution is -0.290.